The quantitative estimate of drug-likeness (QED) is 0.124. The van der Waals surface area contributed by atoms with Gasteiger partial charge in [-0.05, 0) is 67.5 Å². The lowest BCUT2D eigenvalue weighted by Gasteiger charge is -2.60. The molecule has 1 saturated heterocycles. The molecule has 0 amide bonds. The van der Waals surface area contributed by atoms with Crippen molar-refractivity contribution < 1.29 is 33.0 Å². The topological polar surface area (TPSA) is 88.1 Å². The fraction of sp³-hybridized carbons (Fsp3) is 0.767. The van der Waals surface area contributed by atoms with Gasteiger partial charge in [0.2, 0.25) is 0 Å². The Hall–Kier alpha value is -1.93. The van der Waals surface area contributed by atoms with Gasteiger partial charge in [0.1, 0.15) is 25.4 Å². The van der Waals surface area contributed by atoms with Crippen molar-refractivity contribution in [1.82, 2.24) is 0 Å². The summed E-state index contributed by atoms with van der Waals surface area (Å²) < 4.78 is 23.4. The first-order valence-electron chi connectivity index (χ1n) is 14.0. The van der Waals surface area contributed by atoms with E-state index in [9.17, 15) is 14.4 Å². The molecule has 2 aliphatic carbocycles. The second kappa shape index (κ2) is 10.9. The molecule has 3 rings (SSSR count). The van der Waals surface area contributed by atoms with E-state index in [-0.39, 0.29) is 65.6 Å². The van der Waals surface area contributed by atoms with Crippen LogP contribution >= 0.6 is 0 Å². The highest BCUT2D eigenvalue weighted by Crippen LogP contribution is 2.62. The zero-order valence-electron chi connectivity index (χ0n) is 24.9. The molecule has 3 aliphatic rings. The second-order valence-electron chi connectivity index (χ2n) is 13.6. The van der Waals surface area contributed by atoms with Crippen molar-refractivity contribution >= 4 is 26.2 Å². The van der Waals surface area contributed by atoms with E-state index < -0.39 is 13.7 Å². The fourth-order valence-electron chi connectivity index (χ4n) is 6.80. The summed E-state index contributed by atoms with van der Waals surface area (Å²) in [5, 5.41) is 0.0229. The molecule has 1 aliphatic heterocycles. The molecule has 0 aromatic rings. The van der Waals surface area contributed by atoms with Crippen LogP contribution in [0.5, 0.6) is 0 Å². The molecule has 0 radical (unpaired) electrons. The van der Waals surface area contributed by atoms with E-state index >= 15 is 0 Å². The van der Waals surface area contributed by atoms with Crippen molar-refractivity contribution in [2.24, 2.45) is 22.7 Å². The summed E-state index contributed by atoms with van der Waals surface area (Å²) in [6.07, 6.45) is 5.28. The van der Waals surface area contributed by atoms with Crippen molar-refractivity contribution in [1.29, 1.82) is 0 Å². The molecule has 0 N–H and O–H groups in total. The number of carbonyl (C=O) groups excluding carboxylic acids is 3. The van der Waals surface area contributed by atoms with Gasteiger partial charge in [0.05, 0.1) is 5.57 Å². The van der Waals surface area contributed by atoms with Crippen molar-refractivity contribution in [3.63, 3.8) is 0 Å². The standard InChI is InChI=1S/C30H48O7Si/c1-19-11-14-25-29(7,16-15-26(36-21(3)32)30(25,8)18-35-20(2)31)23(19)13-12-22-24(17-34-27(22)33)37-38(9,10)28(4,5)6/h12,23-26H,1,11,13-18H2,2-10H3/b22-12+/t23-,24-,25+,26-,29+,30+/m1/s1. The molecule has 6 atom stereocenters. The van der Waals surface area contributed by atoms with E-state index in [2.05, 4.69) is 54.3 Å². The molecule has 0 aromatic heterocycles. The van der Waals surface area contributed by atoms with Crippen molar-refractivity contribution in [2.75, 3.05) is 13.2 Å². The van der Waals surface area contributed by atoms with Gasteiger partial charge in [-0.15, -0.1) is 0 Å². The van der Waals surface area contributed by atoms with E-state index in [1.165, 1.54) is 19.4 Å². The van der Waals surface area contributed by atoms with Gasteiger partial charge in [-0.25, -0.2) is 4.79 Å². The molecule has 0 spiro atoms. The maximum Gasteiger partial charge on any atom is 0.336 e. The van der Waals surface area contributed by atoms with Crippen molar-refractivity contribution in [2.45, 2.75) is 111 Å². The number of hydrogen-bond acceptors (Lipinski definition) is 7. The number of allylic oxidation sites excluding steroid dienone is 2. The summed E-state index contributed by atoms with van der Waals surface area (Å²) in [6.45, 7) is 23.1. The zero-order chi connectivity index (χ0) is 28.7. The van der Waals surface area contributed by atoms with Crippen LogP contribution in [0, 0.1) is 22.7 Å². The first-order valence-corrected chi connectivity index (χ1v) is 16.9. The number of esters is 3. The van der Waals surface area contributed by atoms with Crippen LogP contribution < -0.4 is 0 Å². The fourth-order valence-corrected chi connectivity index (χ4v) is 8.06. The number of rotatable bonds is 7. The van der Waals surface area contributed by atoms with E-state index in [1.807, 2.05) is 6.08 Å². The third-order valence-corrected chi connectivity index (χ3v) is 14.5. The maximum absolute atomic E-state index is 12.8. The van der Waals surface area contributed by atoms with Crippen LogP contribution in [0.4, 0.5) is 0 Å². The lowest BCUT2D eigenvalue weighted by atomic mass is 9.46. The highest BCUT2D eigenvalue weighted by molar-refractivity contribution is 6.74. The van der Waals surface area contributed by atoms with E-state index in [1.54, 1.807) is 0 Å². The van der Waals surface area contributed by atoms with E-state index in [4.69, 9.17) is 18.6 Å². The number of carbonyl (C=O) groups is 3. The highest BCUT2D eigenvalue weighted by atomic mass is 28.4. The normalized spacial score (nSPS) is 35.0. The first-order chi connectivity index (χ1) is 17.4. The van der Waals surface area contributed by atoms with Gasteiger partial charge in [0, 0.05) is 19.3 Å². The Balaban J connectivity index is 1.91. The average Bonchev–Trinajstić information content (AvgIpc) is 3.11. The van der Waals surface area contributed by atoms with Crippen LogP contribution in [0.25, 0.3) is 0 Å². The SMILES string of the molecule is C=C1CC[C@@H]2[C@](C)(COC(C)=O)[C@H](OC(C)=O)CC[C@@]2(C)[C@@H]1C/C=C1/C(=O)OC[C@H]1O[Si](C)(C)C(C)(C)C. The maximum atomic E-state index is 12.8. The van der Waals surface area contributed by atoms with Crippen LogP contribution in [0.1, 0.15) is 80.6 Å². The molecular weight excluding hydrogens is 500 g/mol. The van der Waals surface area contributed by atoms with Gasteiger partial charge in [-0.2, -0.15) is 0 Å². The Labute approximate surface area is 229 Å². The molecule has 0 bridgehead atoms. The lowest BCUT2D eigenvalue weighted by Crippen LogP contribution is -2.58. The monoisotopic (exact) mass is 548 g/mol. The van der Waals surface area contributed by atoms with E-state index in [0.717, 1.165) is 19.3 Å². The Morgan fingerprint density at radius 2 is 1.82 bits per heavy atom. The highest BCUT2D eigenvalue weighted by Gasteiger charge is 2.59. The summed E-state index contributed by atoms with van der Waals surface area (Å²) in [5.74, 6) is -0.673. The summed E-state index contributed by atoms with van der Waals surface area (Å²) in [6, 6.07) is 0. The van der Waals surface area contributed by atoms with Crippen LogP contribution in [0.15, 0.2) is 23.8 Å². The largest absolute Gasteiger partial charge is 0.465 e. The average molecular weight is 549 g/mol. The van der Waals surface area contributed by atoms with Crippen LogP contribution in [0.3, 0.4) is 0 Å². The third-order valence-electron chi connectivity index (χ3n) is 9.98. The lowest BCUT2D eigenvalue weighted by molar-refractivity contribution is -0.191. The van der Waals surface area contributed by atoms with Crippen LogP contribution in [-0.2, 0) is 33.0 Å². The number of hydrogen-bond donors (Lipinski definition) is 0. The summed E-state index contributed by atoms with van der Waals surface area (Å²) >= 11 is 0. The minimum Gasteiger partial charge on any atom is -0.465 e. The van der Waals surface area contributed by atoms with Gasteiger partial charge in [0.15, 0.2) is 8.32 Å². The molecule has 3 fully saturated rings. The molecule has 0 aromatic carbocycles. The van der Waals surface area contributed by atoms with Gasteiger partial charge < -0.3 is 18.6 Å². The minimum atomic E-state index is -2.10. The summed E-state index contributed by atoms with van der Waals surface area (Å²) in [4.78, 5) is 36.5. The molecule has 38 heavy (non-hydrogen) atoms. The molecule has 0 unspecified atom stereocenters. The zero-order valence-corrected chi connectivity index (χ0v) is 25.9. The molecule has 214 valence electrons. The predicted molar refractivity (Wildman–Crippen MR) is 149 cm³/mol. The predicted octanol–water partition coefficient (Wildman–Crippen LogP) is 6.13. The van der Waals surface area contributed by atoms with Gasteiger partial charge in [-0.1, -0.05) is 52.8 Å². The Bertz CT molecular complexity index is 993. The van der Waals surface area contributed by atoms with Crippen LogP contribution in [-0.4, -0.2) is 51.6 Å². The molecule has 2 saturated carbocycles. The van der Waals surface area contributed by atoms with Crippen molar-refractivity contribution in [3.8, 4) is 0 Å². The second-order valence-corrected chi connectivity index (χ2v) is 18.3. The first kappa shape index (κ1) is 30.6. The smallest absolute Gasteiger partial charge is 0.336 e. The number of fused-ring (bicyclic) bond motifs is 1. The summed E-state index contributed by atoms with van der Waals surface area (Å²) in [5.41, 5.74) is 1.12. The number of ether oxygens (including phenoxy) is 3. The van der Waals surface area contributed by atoms with E-state index in [0.29, 0.717) is 18.4 Å². The number of cyclic esters (lactones) is 1. The molecular formula is C30H48O7Si. The van der Waals surface area contributed by atoms with Gasteiger partial charge >= 0.3 is 17.9 Å². The Kier molecular flexibility index (Phi) is 8.79. The van der Waals surface area contributed by atoms with Crippen molar-refractivity contribution in [3.05, 3.63) is 23.8 Å². The third kappa shape index (κ3) is 5.96. The van der Waals surface area contributed by atoms with Gasteiger partial charge in [-0.3, -0.25) is 9.59 Å². The minimum absolute atomic E-state index is 0.0229. The molecule has 8 heteroatoms. The Morgan fingerprint density at radius 1 is 1.16 bits per heavy atom. The Morgan fingerprint density at radius 3 is 2.39 bits per heavy atom. The van der Waals surface area contributed by atoms with Gasteiger partial charge in [0.25, 0.3) is 0 Å². The summed E-state index contributed by atoms with van der Waals surface area (Å²) in [7, 11) is -2.10. The molecule has 1 heterocycles. The molecule has 7 nitrogen and oxygen atoms in total. The van der Waals surface area contributed by atoms with Crippen LogP contribution in [0.2, 0.25) is 18.1 Å².